The van der Waals surface area contributed by atoms with Crippen molar-refractivity contribution in [2.75, 3.05) is 12.5 Å². The normalized spacial score (nSPS) is 24.0. The number of hydrogen-bond donors (Lipinski definition) is 0. The van der Waals surface area contributed by atoms with Crippen molar-refractivity contribution in [3.63, 3.8) is 0 Å². The van der Waals surface area contributed by atoms with Crippen LogP contribution in [-0.2, 0) is 9.16 Å². The van der Waals surface area contributed by atoms with E-state index in [4.69, 9.17) is 20.8 Å². The van der Waals surface area contributed by atoms with Crippen LogP contribution < -0.4 is 0 Å². The summed E-state index contributed by atoms with van der Waals surface area (Å²) in [5.74, 6) is 0.576. The summed E-state index contributed by atoms with van der Waals surface area (Å²) in [4.78, 5) is 0. The van der Waals surface area contributed by atoms with Crippen molar-refractivity contribution in [3.05, 3.63) is 0 Å². The molecule has 1 heterocycles. The van der Waals surface area contributed by atoms with Crippen LogP contribution >= 0.6 is 11.6 Å². The summed E-state index contributed by atoms with van der Waals surface area (Å²) in [6.45, 7) is 12.2. The first-order valence-electron chi connectivity index (χ1n) is 5.61. The molecule has 2 atom stereocenters. The second kappa shape index (κ2) is 4.74. The number of epoxide rings is 1. The number of alkyl halides is 1. The lowest BCUT2D eigenvalue weighted by Gasteiger charge is -2.38. The molecule has 2 nitrogen and oxygen atoms in total. The van der Waals surface area contributed by atoms with Crippen LogP contribution in [0.5, 0.6) is 0 Å². The lowest BCUT2D eigenvalue weighted by atomic mass is 10.2. The Morgan fingerprint density at radius 2 is 2.00 bits per heavy atom. The molecule has 0 aromatic carbocycles. The minimum absolute atomic E-state index is 0.167. The zero-order chi connectivity index (χ0) is 11.7. The van der Waals surface area contributed by atoms with Crippen molar-refractivity contribution < 1.29 is 9.16 Å². The molecule has 1 aliphatic heterocycles. The van der Waals surface area contributed by atoms with Gasteiger partial charge in [-0.25, -0.2) is 0 Å². The molecule has 0 aliphatic carbocycles. The van der Waals surface area contributed by atoms with E-state index in [1.165, 1.54) is 0 Å². The maximum absolute atomic E-state index is 6.23. The molecule has 1 rings (SSSR count). The van der Waals surface area contributed by atoms with Gasteiger partial charge in [0.2, 0.25) is 0 Å². The third-order valence-electron chi connectivity index (χ3n) is 3.37. The van der Waals surface area contributed by atoms with Gasteiger partial charge in [0.1, 0.15) is 0 Å². The van der Waals surface area contributed by atoms with Crippen LogP contribution in [0.1, 0.15) is 27.2 Å². The molecular formula is C11H23ClO2Si. The van der Waals surface area contributed by atoms with Crippen molar-refractivity contribution in [3.8, 4) is 0 Å². The van der Waals surface area contributed by atoms with Gasteiger partial charge in [-0.1, -0.05) is 20.8 Å². The molecule has 90 valence electrons. The predicted molar refractivity (Wildman–Crippen MR) is 67.1 cm³/mol. The fraction of sp³-hybridized carbons (Fsp3) is 1.00. The number of ether oxygens (including phenoxy) is 1. The highest BCUT2D eigenvalue weighted by Crippen LogP contribution is 2.38. The second-order valence-corrected chi connectivity index (χ2v) is 10.9. The Hall–Kier alpha value is 0.427. The third kappa shape index (κ3) is 4.06. The monoisotopic (exact) mass is 250 g/mol. The second-order valence-electron chi connectivity index (χ2n) is 5.85. The topological polar surface area (TPSA) is 21.8 Å². The van der Waals surface area contributed by atoms with Gasteiger partial charge in [-0.3, -0.25) is 0 Å². The highest BCUT2D eigenvalue weighted by atomic mass is 35.5. The van der Waals surface area contributed by atoms with Gasteiger partial charge in [0.25, 0.3) is 0 Å². The molecule has 0 bridgehead atoms. The van der Waals surface area contributed by atoms with Crippen LogP contribution in [0.4, 0.5) is 0 Å². The van der Waals surface area contributed by atoms with E-state index in [0.717, 1.165) is 13.0 Å². The number of halogens is 1. The van der Waals surface area contributed by atoms with E-state index in [0.29, 0.717) is 12.0 Å². The lowest BCUT2D eigenvalue weighted by Crippen LogP contribution is -2.44. The molecule has 4 heteroatoms. The quantitative estimate of drug-likeness (QED) is 0.424. The fourth-order valence-electron chi connectivity index (χ4n) is 1.23. The van der Waals surface area contributed by atoms with E-state index in [9.17, 15) is 0 Å². The van der Waals surface area contributed by atoms with Gasteiger partial charge in [0, 0.05) is 12.3 Å². The Labute approximate surface area is 99.4 Å². The Balaban J connectivity index is 2.48. The molecule has 0 aromatic heterocycles. The first-order valence-corrected chi connectivity index (χ1v) is 9.06. The first-order chi connectivity index (χ1) is 6.76. The van der Waals surface area contributed by atoms with Gasteiger partial charge in [-0.2, -0.15) is 0 Å². The summed E-state index contributed by atoms with van der Waals surface area (Å²) >= 11 is 5.94. The van der Waals surface area contributed by atoms with Gasteiger partial charge in [-0.15, -0.1) is 11.6 Å². The molecular weight excluding hydrogens is 228 g/mol. The van der Waals surface area contributed by atoms with Crippen LogP contribution in [0.25, 0.3) is 0 Å². The van der Waals surface area contributed by atoms with Crippen molar-refractivity contribution >= 4 is 19.9 Å². The van der Waals surface area contributed by atoms with E-state index >= 15 is 0 Å². The Morgan fingerprint density at radius 1 is 1.47 bits per heavy atom. The van der Waals surface area contributed by atoms with E-state index in [-0.39, 0.29) is 11.1 Å². The van der Waals surface area contributed by atoms with Crippen LogP contribution in [0.15, 0.2) is 0 Å². The van der Waals surface area contributed by atoms with Crippen LogP contribution in [0.2, 0.25) is 18.1 Å². The Bertz CT molecular complexity index is 209. The Kier molecular flexibility index (Phi) is 4.26. The minimum Gasteiger partial charge on any atom is -0.413 e. The molecule has 0 saturated carbocycles. The summed E-state index contributed by atoms with van der Waals surface area (Å²) in [6, 6.07) is 0. The van der Waals surface area contributed by atoms with Crippen molar-refractivity contribution in [1.82, 2.24) is 0 Å². The van der Waals surface area contributed by atoms with Crippen LogP contribution in [0, 0.1) is 0 Å². The molecule has 1 fully saturated rings. The van der Waals surface area contributed by atoms with Crippen molar-refractivity contribution in [2.24, 2.45) is 0 Å². The first kappa shape index (κ1) is 13.5. The fourth-order valence-corrected chi connectivity index (χ4v) is 2.89. The zero-order valence-electron chi connectivity index (χ0n) is 10.5. The van der Waals surface area contributed by atoms with Crippen molar-refractivity contribution in [1.29, 1.82) is 0 Å². The highest BCUT2D eigenvalue weighted by molar-refractivity contribution is 6.74. The molecule has 1 saturated heterocycles. The third-order valence-corrected chi connectivity index (χ3v) is 8.25. The largest absolute Gasteiger partial charge is 0.413 e. The summed E-state index contributed by atoms with van der Waals surface area (Å²) in [5.41, 5.74) is 0. The molecule has 0 amide bonds. The molecule has 0 spiro atoms. The smallest absolute Gasteiger partial charge is 0.192 e. The van der Waals surface area contributed by atoms with E-state index in [1.807, 2.05) is 0 Å². The summed E-state index contributed by atoms with van der Waals surface area (Å²) in [7, 11) is -1.67. The average molecular weight is 251 g/mol. The lowest BCUT2D eigenvalue weighted by molar-refractivity contribution is 0.178. The standard InChI is InChI=1S/C11H23ClO2Si/c1-11(2,3)15(4,5)14-9(7-12)6-10-8-13-10/h9-10H,6-8H2,1-5H3/t9-,10+/m1/s1. The highest BCUT2D eigenvalue weighted by Gasteiger charge is 2.40. The predicted octanol–water partition coefficient (Wildman–Crippen LogP) is 3.40. The molecule has 0 unspecified atom stereocenters. The zero-order valence-corrected chi connectivity index (χ0v) is 12.2. The summed E-state index contributed by atoms with van der Waals surface area (Å²) in [6.07, 6.45) is 1.52. The van der Waals surface area contributed by atoms with Crippen LogP contribution in [-0.4, -0.2) is 33.0 Å². The SMILES string of the molecule is CC(C)(C)[Si](C)(C)O[C@@H](CCl)C[C@H]1CO1. The van der Waals surface area contributed by atoms with E-state index < -0.39 is 8.32 Å². The van der Waals surface area contributed by atoms with Gasteiger partial charge in [0.05, 0.1) is 18.8 Å². The number of hydrogen-bond acceptors (Lipinski definition) is 2. The van der Waals surface area contributed by atoms with Crippen LogP contribution in [0.3, 0.4) is 0 Å². The van der Waals surface area contributed by atoms with Crippen molar-refractivity contribution in [2.45, 2.75) is 57.5 Å². The molecule has 0 aromatic rings. The average Bonchev–Trinajstić information content (AvgIpc) is 2.84. The van der Waals surface area contributed by atoms with Gasteiger partial charge < -0.3 is 9.16 Å². The molecule has 15 heavy (non-hydrogen) atoms. The van der Waals surface area contributed by atoms with Gasteiger partial charge in [-0.05, 0) is 18.1 Å². The van der Waals surface area contributed by atoms with Gasteiger partial charge in [0.15, 0.2) is 8.32 Å². The molecule has 0 N–H and O–H groups in total. The maximum Gasteiger partial charge on any atom is 0.192 e. The number of rotatable bonds is 5. The van der Waals surface area contributed by atoms with E-state index in [2.05, 4.69) is 33.9 Å². The van der Waals surface area contributed by atoms with E-state index in [1.54, 1.807) is 0 Å². The summed E-state index contributed by atoms with van der Waals surface area (Å²) < 4.78 is 11.4. The minimum atomic E-state index is -1.67. The van der Waals surface area contributed by atoms with Gasteiger partial charge >= 0.3 is 0 Å². The summed E-state index contributed by atoms with van der Waals surface area (Å²) in [5, 5.41) is 0.252. The maximum atomic E-state index is 6.23. The Morgan fingerprint density at radius 3 is 2.33 bits per heavy atom. The molecule has 0 radical (unpaired) electrons. The molecule has 1 aliphatic rings.